The monoisotopic (exact) mass is 794 g/mol. The summed E-state index contributed by atoms with van der Waals surface area (Å²) in [4.78, 5) is 0. The van der Waals surface area contributed by atoms with Gasteiger partial charge in [-0.2, -0.15) is 0 Å². The molecule has 0 radical (unpaired) electrons. The van der Waals surface area contributed by atoms with Crippen LogP contribution in [-0.2, 0) is 32.1 Å². The van der Waals surface area contributed by atoms with Gasteiger partial charge in [-0.1, -0.05) is 0 Å². The quantitative estimate of drug-likeness (QED) is 0.195. The number of hydrogen-bond donors (Lipinski definition) is 0. The summed E-state index contributed by atoms with van der Waals surface area (Å²) in [5.74, 6) is 0.495. The fourth-order valence-corrected chi connectivity index (χ4v) is 17.4. The van der Waals surface area contributed by atoms with E-state index in [0.29, 0.717) is 9.54 Å². The van der Waals surface area contributed by atoms with Crippen molar-refractivity contribution in [3.8, 4) is 11.1 Å². The molecule has 0 saturated carbocycles. The van der Waals surface area contributed by atoms with E-state index in [2.05, 4.69) is 180 Å². The van der Waals surface area contributed by atoms with E-state index in [9.17, 15) is 0 Å². The molecule has 4 aromatic rings. The molecule has 4 aromatic carbocycles. The van der Waals surface area contributed by atoms with Crippen molar-refractivity contribution >= 4 is 3.21 Å². The van der Waals surface area contributed by atoms with Gasteiger partial charge >= 0.3 is 308 Å². The molecule has 0 spiro atoms. The van der Waals surface area contributed by atoms with Gasteiger partial charge in [-0.05, 0) is 0 Å². The van der Waals surface area contributed by atoms with Crippen molar-refractivity contribution in [1.29, 1.82) is 0 Å². The van der Waals surface area contributed by atoms with Crippen molar-refractivity contribution in [3.05, 3.63) is 150 Å². The van der Waals surface area contributed by atoms with Gasteiger partial charge in [0, 0.05) is 0 Å². The van der Waals surface area contributed by atoms with Crippen LogP contribution >= 0.6 is 0 Å². The summed E-state index contributed by atoms with van der Waals surface area (Å²) < 4.78 is 3.81. The summed E-state index contributed by atoms with van der Waals surface area (Å²) in [6.07, 6.45) is 7.78. The third-order valence-corrected chi connectivity index (χ3v) is 19.3. The third kappa shape index (κ3) is 8.43. The topological polar surface area (TPSA) is 0 Å². The number of rotatable bonds is 6. The Hall–Kier alpha value is -2.31. The Morgan fingerprint density at radius 1 is 0.588 bits per heavy atom. The maximum absolute atomic E-state index is 2.90. The fourth-order valence-electron chi connectivity index (χ4n) is 7.79. The van der Waals surface area contributed by atoms with E-state index in [4.69, 9.17) is 0 Å². The molecule has 268 valence electrons. The summed E-state index contributed by atoms with van der Waals surface area (Å²) in [6.45, 7) is 28.1. The third-order valence-electron chi connectivity index (χ3n) is 10.9. The summed E-state index contributed by atoms with van der Waals surface area (Å²) in [6, 6.07) is 34.1. The molecule has 0 nitrogen and oxygen atoms in total. The molecule has 0 heterocycles. The summed E-state index contributed by atoms with van der Waals surface area (Å²) >= 11 is -2.90. The SMILES string of the molecule is CCCC1C=C(C(C)(C)C)C=[C]1[Zr+2](=[C](c1ccc(C)cc1)c1ccc(C)cc1)[CH]1c2ccc(C(C)(C)C)cc2-c2cc(C(C)(C)C)ccc21.[Cl-].[Cl-]. The van der Waals surface area contributed by atoms with Gasteiger partial charge in [0.25, 0.3) is 0 Å². The van der Waals surface area contributed by atoms with Crippen LogP contribution in [0.1, 0.15) is 130 Å². The number of benzene rings is 4. The molecule has 1 atom stereocenters. The Morgan fingerprint density at radius 2 is 1.02 bits per heavy atom. The maximum atomic E-state index is 2.71. The van der Waals surface area contributed by atoms with Crippen molar-refractivity contribution in [1.82, 2.24) is 0 Å². The first-order chi connectivity index (χ1) is 23.0. The van der Waals surface area contributed by atoms with Crippen LogP contribution in [0.2, 0.25) is 0 Å². The summed E-state index contributed by atoms with van der Waals surface area (Å²) in [7, 11) is 0. The maximum Gasteiger partial charge on any atom is -1.00 e. The first-order valence-electron chi connectivity index (χ1n) is 18.6. The zero-order valence-corrected chi connectivity index (χ0v) is 37.0. The zero-order chi connectivity index (χ0) is 35.5. The number of allylic oxidation sites excluding steroid dienone is 4. The molecule has 6 rings (SSSR count). The molecule has 0 aliphatic heterocycles. The predicted octanol–water partition coefficient (Wildman–Crippen LogP) is 7.15. The van der Waals surface area contributed by atoms with Crippen molar-refractivity contribution in [3.63, 3.8) is 0 Å². The standard InChI is InChI=1S/C21H25.C15H14.C12H19.2ClH.Zr/c1-20(2,3)16-9-7-14-11-15-8-10-17(21(4,5)6)13-19(15)18(14)12-16;1-12-3-7-14(8-4-12)11-15-9-5-13(2)6-10-15;1-5-6-10-7-8-11(9-10)12(2,3)4;;;/h7-13H,1-6H3;3-10H,1-2H3;8-10H,5-6H2,1-4H3;2*1H;/q;;;;;+2/p-2. The number of halogens is 2. The molecule has 0 aromatic heterocycles. The van der Waals surface area contributed by atoms with Gasteiger partial charge in [-0.25, -0.2) is 0 Å². The Morgan fingerprint density at radius 3 is 1.39 bits per heavy atom. The van der Waals surface area contributed by atoms with E-state index in [1.54, 1.807) is 17.6 Å². The van der Waals surface area contributed by atoms with Crippen molar-refractivity contribution in [2.24, 2.45) is 11.3 Å². The minimum Gasteiger partial charge on any atom is -1.00 e. The minimum absolute atomic E-state index is 0. The Kier molecular flexibility index (Phi) is 12.7. The van der Waals surface area contributed by atoms with Crippen LogP contribution in [0.25, 0.3) is 11.1 Å². The van der Waals surface area contributed by atoms with Crippen molar-refractivity contribution in [2.75, 3.05) is 0 Å². The number of fused-ring (bicyclic) bond motifs is 3. The van der Waals surface area contributed by atoms with Crippen LogP contribution in [0.15, 0.2) is 106 Å². The van der Waals surface area contributed by atoms with Crippen molar-refractivity contribution in [2.45, 2.75) is 110 Å². The second-order valence-corrected chi connectivity index (χ2v) is 24.0. The molecule has 2 aliphatic carbocycles. The summed E-state index contributed by atoms with van der Waals surface area (Å²) in [5.41, 5.74) is 16.2. The van der Waals surface area contributed by atoms with Crippen molar-refractivity contribution < 1.29 is 46.1 Å². The fraction of sp³-hybridized carbons (Fsp3) is 0.396. The molecule has 51 heavy (non-hydrogen) atoms. The number of aryl methyl sites for hydroxylation is 2. The predicted molar refractivity (Wildman–Crippen MR) is 211 cm³/mol. The average molecular weight is 797 g/mol. The van der Waals surface area contributed by atoms with Gasteiger partial charge in [0.05, 0.1) is 0 Å². The molecular weight excluding hydrogens is 739 g/mol. The van der Waals surface area contributed by atoms with E-state index in [1.807, 2.05) is 0 Å². The molecule has 2 aliphatic rings. The van der Waals surface area contributed by atoms with Gasteiger partial charge in [0.2, 0.25) is 0 Å². The van der Waals surface area contributed by atoms with E-state index in [1.165, 1.54) is 62.9 Å². The molecule has 1 unspecified atom stereocenters. The molecule has 0 bridgehead atoms. The van der Waals surface area contributed by atoms with Gasteiger partial charge < -0.3 is 24.8 Å². The second-order valence-electron chi connectivity index (χ2n) is 17.9. The van der Waals surface area contributed by atoms with E-state index in [-0.39, 0.29) is 41.1 Å². The van der Waals surface area contributed by atoms with Crippen LogP contribution < -0.4 is 24.8 Å². The molecule has 0 fully saturated rings. The van der Waals surface area contributed by atoms with Crippen LogP contribution in [0.3, 0.4) is 0 Å². The molecule has 0 amide bonds. The summed E-state index contributed by atoms with van der Waals surface area (Å²) in [5, 5.41) is 0. The van der Waals surface area contributed by atoms with Crippen LogP contribution in [0.5, 0.6) is 0 Å². The van der Waals surface area contributed by atoms with Gasteiger partial charge in [0.1, 0.15) is 0 Å². The number of hydrogen-bond acceptors (Lipinski definition) is 0. The van der Waals surface area contributed by atoms with Crippen LogP contribution in [0, 0.1) is 25.2 Å². The first-order valence-corrected chi connectivity index (χ1v) is 22.5. The van der Waals surface area contributed by atoms with Crippen LogP contribution in [-0.4, -0.2) is 3.21 Å². The van der Waals surface area contributed by atoms with Crippen LogP contribution in [0.4, 0.5) is 0 Å². The van der Waals surface area contributed by atoms with Gasteiger partial charge in [0.15, 0.2) is 0 Å². The second kappa shape index (κ2) is 15.6. The zero-order valence-electron chi connectivity index (χ0n) is 33.1. The van der Waals surface area contributed by atoms with E-state index < -0.39 is 21.3 Å². The molecule has 0 saturated heterocycles. The largest absolute Gasteiger partial charge is 1.00 e. The minimum atomic E-state index is -2.90. The smallest absolute Gasteiger partial charge is 1.00 e. The Bertz CT molecular complexity index is 1860. The van der Waals surface area contributed by atoms with Gasteiger partial charge in [-0.3, -0.25) is 0 Å². The van der Waals surface area contributed by atoms with E-state index in [0.717, 1.165) is 0 Å². The van der Waals surface area contributed by atoms with Gasteiger partial charge in [-0.15, -0.1) is 0 Å². The Balaban J connectivity index is 0.00000292. The van der Waals surface area contributed by atoms with E-state index >= 15 is 0 Å². The Labute approximate surface area is 330 Å². The molecular formula is C48H58Cl2Zr. The molecule has 3 heteroatoms. The first kappa shape index (κ1) is 41.4. The molecule has 0 N–H and O–H groups in total. The normalized spacial score (nSPS) is 15.5. The average Bonchev–Trinajstić information content (AvgIpc) is 3.59.